The summed E-state index contributed by atoms with van der Waals surface area (Å²) in [5.74, 6) is -1.33. The highest BCUT2D eigenvalue weighted by atomic mass is 19.4. The first-order chi connectivity index (χ1) is 18.9. The average Bonchev–Trinajstić information content (AvgIpc) is 3.42. The van der Waals surface area contributed by atoms with E-state index in [4.69, 9.17) is 8.83 Å². The summed E-state index contributed by atoms with van der Waals surface area (Å²) in [5.41, 5.74) is -2.14. The molecule has 3 aromatic carbocycles. The van der Waals surface area contributed by atoms with Crippen LogP contribution in [0.3, 0.4) is 0 Å². The van der Waals surface area contributed by atoms with Crippen LogP contribution in [0.1, 0.15) is 0 Å². The highest BCUT2D eigenvalue weighted by Gasteiger charge is 2.33. The number of nitrogens with zero attached hydrogens (tertiary/aromatic N) is 4. The minimum Gasteiger partial charge on any atom is -0.455 e. The van der Waals surface area contributed by atoms with Crippen molar-refractivity contribution in [2.24, 2.45) is 0 Å². The Morgan fingerprint density at radius 1 is 0.600 bits per heavy atom. The number of fused-ring (bicyclic) bond motifs is 6. The van der Waals surface area contributed by atoms with E-state index in [-0.39, 0.29) is 54.3 Å². The summed E-state index contributed by atoms with van der Waals surface area (Å²) < 4.78 is 96.1. The highest BCUT2D eigenvalue weighted by Crippen LogP contribution is 2.36. The maximum atomic E-state index is 12.8. The fourth-order valence-electron chi connectivity index (χ4n) is 4.38. The lowest BCUT2D eigenvalue weighted by Gasteiger charge is -2.08. The first-order valence-electron chi connectivity index (χ1n) is 10.6. The minimum atomic E-state index is -5.03. The minimum absolute atomic E-state index is 0.0320. The molecular weight excluding hydrogens is 546 g/mol. The molecule has 0 N–H and O–H groups in total. The molecule has 0 radical (unpaired) electrons. The third kappa shape index (κ3) is 4.20. The van der Waals surface area contributed by atoms with Gasteiger partial charge in [0, 0.05) is 38.9 Å². The number of rotatable bonds is 2. The van der Waals surface area contributed by atoms with E-state index in [9.17, 15) is 47.4 Å². The molecule has 8 nitrogen and oxygen atoms in total. The van der Waals surface area contributed by atoms with Crippen LogP contribution < -0.4 is 19.9 Å². The quantitative estimate of drug-likeness (QED) is 0.255. The molecule has 0 saturated carbocycles. The van der Waals surface area contributed by atoms with Crippen molar-refractivity contribution < 1.29 is 44.7 Å². The molecule has 0 atom stereocenters. The molecule has 0 saturated heterocycles. The molecule has 5 rings (SSSR count). The fraction of sp³-hybridized carbons (Fsp3) is 0.0769. The van der Waals surface area contributed by atoms with Crippen molar-refractivity contribution in [1.29, 1.82) is 21.0 Å². The van der Waals surface area contributed by atoms with Crippen LogP contribution in [-0.2, 0) is 0 Å². The number of nitriles is 4. The first kappa shape index (κ1) is 25.8. The Balaban J connectivity index is 2.08. The van der Waals surface area contributed by atoms with Gasteiger partial charge < -0.3 is 18.3 Å². The van der Waals surface area contributed by atoms with Gasteiger partial charge in [-0.2, -0.15) is 21.0 Å². The Hall–Kier alpha value is -5.86. The van der Waals surface area contributed by atoms with Gasteiger partial charge in [-0.3, -0.25) is 0 Å². The van der Waals surface area contributed by atoms with Crippen LogP contribution >= 0.6 is 0 Å². The lowest BCUT2D eigenvalue weighted by atomic mass is 9.98. The van der Waals surface area contributed by atoms with Crippen LogP contribution in [0.5, 0.6) is 11.5 Å². The van der Waals surface area contributed by atoms with E-state index in [1.165, 1.54) is 0 Å². The Labute approximate surface area is 216 Å². The zero-order valence-electron chi connectivity index (χ0n) is 19.2. The number of furan rings is 2. The van der Waals surface area contributed by atoms with Crippen molar-refractivity contribution >= 4 is 55.0 Å². The zero-order chi connectivity index (χ0) is 29.0. The van der Waals surface area contributed by atoms with Gasteiger partial charge >= 0.3 is 12.7 Å². The predicted molar refractivity (Wildman–Crippen MR) is 123 cm³/mol. The second-order valence-electron chi connectivity index (χ2n) is 7.97. The molecule has 0 fully saturated rings. The predicted octanol–water partition coefficient (Wildman–Crippen LogP) is 5.68. The van der Waals surface area contributed by atoms with E-state index in [1.54, 1.807) is 24.3 Å². The van der Waals surface area contributed by atoms with Crippen molar-refractivity contribution in [2.45, 2.75) is 12.7 Å². The Bertz CT molecular complexity index is 2050. The molecule has 0 unspecified atom stereocenters. The molecule has 0 bridgehead atoms. The number of halogens is 6. The van der Waals surface area contributed by atoms with Gasteiger partial charge in [0.1, 0.15) is 69.3 Å². The standard InChI is InChI=1S/C26H6F6N4O4/c27-25(28,29)39-13-1-3-15-17(5-13)37-23-20(12(9-35)10-36)24-22(19(21(15)23)11(7-33)8-34)16-4-2-14(6-18(16)38-24)40-26(30,31)32/h1-6H. The number of ether oxygens (including phenoxy) is 2. The molecule has 0 amide bonds. The van der Waals surface area contributed by atoms with Crippen LogP contribution in [-0.4, -0.2) is 12.7 Å². The molecule has 0 spiro atoms. The van der Waals surface area contributed by atoms with Crippen molar-refractivity contribution in [1.82, 2.24) is 0 Å². The summed E-state index contributed by atoms with van der Waals surface area (Å²) in [7, 11) is 0. The van der Waals surface area contributed by atoms with E-state index >= 15 is 0 Å². The summed E-state index contributed by atoms with van der Waals surface area (Å²) in [6.45, 7) is 0. The average molecular weight is 552 g/mol. The number of benzene rings is 3. The van der Waals surface area contributed by atoms with Crippen LogP contribution in [0.2, 0.25) is 0 Å². The summed E-state index contributed by atoms with van der Waals surface area (Å²) in [5, 5.41) is 38.5. The summed E-state index contributed by atoms with van der Waals surface area (Å²) in [4.78, 5) is 0. The number of hydrogen-bond acceptors (Lipinski definition) is 8. The SMILES string of the molecule is N#CC(C#N)=c1c2oc3cc(OC(F)(F)F)ccc3c2c(=C(C#N)C#N)c2c1oc1cc(OC(F)(F)F)ccc12. The molecule has 0 aliphatic carbocycles. The highest BCUT2D eigenvalue weighted by molar-refractivity contribution is 6.18. The van der Waals surface area contributed by atoms with Gasteiger partial charge in [-0.1, -0.05) is 0 Å². The topological polar surface area (TPSA) is 140 Å². The summed E-state index contributed by atoms with van der Waals surface area (Å²) in [6.07, 6.45) is -10.1. The molecular formula is C26H6F6N4O4. The summed E-state index contributed by atoms with van der Waals surface area (Å²) >= 11 is 0. The maximum Gasteiger partial charge on any atom is 0.573 e. The van der Waals surface area contributed by atoms with Crippen LogP contribution in [0.15, 0.2) is 45.2 Å². The molecule has 2 aromatic heterocycles. The van der Waals surface area contributed by atoms with Crippen molar-refractivity contribution in [2.75, 3.05) is 0 Å². The zero-order valence-corrected chi connectivity index (χ0v) is 19.2. The van der Waals surface area contributed by atoms with Gasteiger partial charge in [-0.05, 0) is 24.3 Å². The Kier molecular flexibility index (Phi) is 5.71. The van der Waals surface area contributed by atoms with Crippen LogP contribution in [0.4, 0.5) is 26.3 Å². The third-order valence-electron chi connectivity index (χ3n) is 5.69. The molecule has 0 aliphatic heterocycles. The van der Waals surface area contributed by atoms with Crippen molar-refractivity contribution in [3.05, 3.63) is 46.8 Å². The fourth-order valence-corrected chi connectivity index (χ4v) is 4.38. The molecule has 5 aromatic rings. The van der Waals surface area contributed by atoms with Gasteiger partial charge in [-0.15, -0.1) is 26.3 Å². The van der Waals surface area contributed by atoms with Gasteiger partial charge in [-0.25, -0.2) is 0 Å². The molecule has 14 heteroatoms. The van der Waals surface area contributed by atoms with Gasteiger partial charge in [0.05, 0.1) is 5.22 Å². The summed E-state index contributed by atoms with van der Waals surface area (Å²) in [6, 6.07) is 12.7. The van der Waals surface area contributed by atoms with E-state index in [0.717, 1.165) is 36.4 Å². The largest absolute Gasteiger partial charge is 0.573 e. The van der Waals surface area contributed by atoms with Crippen LogP contribution in [0, 0.1) is 45.3 Å². The van der Waals surface area contributed by atoms with E-state index in [2.05, 4.69) is 9.47 Å². The lowest BCUT2D eigenvalue weighted by molar-refractivity contribution is -0.275. The van der Waals surface area contributed by atoms with Gasteiger partial charge in [0.2, 0.25) is 0 Å². The molecule has 196 valence electrons. The van der Waals surface area contributed by atoms with Gasteiger partial charge in [0.15, 0.2) is 0 Å². The first-order valence-corrected chi connectivity index (χ1v) is 10.6. The van der Waals surface area contributed by atoms with Crippen LogP contribution in [0.25, 0.3) is 55.0 Å². The van der Waals surface area contributed by atoms with E-state index in [1.807, 2.05) is 0 Å². The molecule has 40 heavy (non-hydrogen) atoms. The Morgan fingerprint density at radius 2 is 0.975 bits per heavy atom. The van der Waals surface area contributed by atoms with E-state index < -0.39 is 35.4 Å². The third-order valence-corrected chi connectivity index (χ3v) is 5.69. The van der Waals surface area contributed by atoms with E-state index in [0.29, 0.717) is 0 Å². The number of hydrogen-bond donors (Lipinski definition) is 0. The number of alkyl halides is 6. The lowest BCUT2D eigenvalue weighted by Crippen LogP contribution is -2.17. The monoisotopic (exact) mass is 552 g/mol. The maximum absolute atomic E-state index is 12.8. The normalized spacial score (nSPS) is 11.7. The van der Waals surface area contributed by atoms with Crippen molar-refractivity contribution in [3.63, 3.8) is 0 Å². The van der Waals surface area contributed by atoms with Gasteiger partial charge in [0.25, 0.3) is 0 Å². The molecule has 0 aliphatic rings. The Morgan fingerprint density at radius 3 is 1.32 bits per heavy atom. The second kappa shape index (κ2) is 8.87. The van der Waals surface area contributed by atoms with Crippen molar-refractivity contribution in [3.8, 4) is 35.8 Å². The molecule has 2 heterocycles. The smallest absolute Gasteiger partial charge is 0.455 e. The second-order valence-corrected chi connectivity index (χ2v) is 7.97.